The van der Waals surface area contributed by atoms with Crippen LogP contribution in [0.4, 0.5) is 0 Å². The van der Waals surface area contributed by atoms with Gasteiger partial charge in [-0.3, -0.25) is 0 Å². The molecule has 70 valence electrons. The molecule has 2 atom stereocenters. The highest BCUT2D eigenvalue weighted by Gasteiger charge is 2.16. The van der Waals surface area contributed by atoms with Gasteiger partial charge in [-0.25, -0.2) is 0 Å². The second-order valence-corrected chi connectivity index (χ2v) is 3.30. The Morgan fingerprint density at radius 2 is 2.25 bits per heavy atom. The summed E-state index contributed by atoms with van der Waals surface area (Å²) in [6, 6.07) is 0. The molecule has 0 saturated carbocycles. The molecule has 0 amide bonds. The van der Waals surface area contributed by atoms with Gasteiger partial charge in [0.2, 0.25) is 0 Å². The predicted octanol–water partition coefficient (Wildman–Crippen LogP) is 1.88. The summed E-state index contributed by atoms with van der Waals surface area (Å²) in [5.41, 5.74) is 0. The van der Waals surface area contributed by atoms with Crippen molar-refractivity contribution in [3.8, 4) is 0 Å². The van der Waals surface area contributed by atoms with E-state index in [9.17, 15) is 0 Å². The van der Waals surface area contributed by atoms with Crippen molar-refractivity contribution in [1.29, 1.82) is 0 Å². The Bertz CT molecular complexity index is 143. The SMILES string of the molecule is CCCCCO[C@H]1C=C[C@@H](O)C1. The molecule has 1 rings (SSSR count). The third-order valence-corrected chi connectivity index (χ3v) is 2.10. The van der Waals surface area contributed by atoms with Crippen LogP contribution in [0.25, 0.3) is 0 Å². The molecule has 1 aliphatic rings. The second kappa shape index (κ2) is 5.33. The van der Waals surface area contributed by atoms with Gasteiger partial charge < -0.3 is 9.84 Å². The van der Waals surface area contributed by atoms with Gasteiger partial charge >= 0.3 is 0 Å². The summed E-state index contributed by atoms with van der Waals surface area (Å²) in [5.74, 6) is 0. The van der Waals surface area contributed by atoms with Gasteiger partial charge in [0, 0.05) is 13.0 Å². The van der Waals surface area contributed by atoms with Crippen LogP contribution < -0.4 is 0 Å². The summed E-state index contributed by atoms with van der Waals surface area (Å²) in [4.78, 5) is 0. The molecular weight excluding hydrogens is 152 g/mol. The van der Waals surface area contributed by atoms with E-state index >= 15 is 0 Å². The van der Waals surface area contributed by atoms with Gasteiger partial charge in [0.15, 0.2) is 0 Å². The summed E-state index contributed by atoms with van der Waals surface area (Å²) in [5, 5.41) is 9.14. The molecule has 0 saturated heterocycles. The fourth-order valence-corrected chi connectivity index (χ4v) is 1.36. The fourth-order valence-electron chi connectivity index (χ4n) is 1.36. The zero-order valence-corrected chi connectivity index (χ0v) is 7.70. The van der Waals surface area contributed by atoms with Crippen molar-refractivity contribution in [2.45, 2.75) is 44.8 Å². The van der Waals surface area contributed by atoms with Crippen LogP contribution in [-0.2, 0) is 4.74 Å². The van der Waals surface area contributed by atoms with Crippen molar-refractivity contribution < 1.29 is 9.84 Å². The van der Waals surface area contributed by atoms with Crippen LogP contribution in [0.2, 0.25) is 0 Å². The van der Waals surface area contributed by atoms with Crippen molar-refractivity contribution in [3.05, 3.63) is 12.2 Å². The Morgan fingerprint density at radius 1 is 1.42 bits per heavy atom. The van der Waals surface area contributed by atoms with Crippen molar-refractivity contribution in [3.63, 3.8) is 0 Å². The molecule has 0 aromatic rings. The van der Waals surface area contributed by atoms with Gasteiger partial charge in [-0.05, 0) is 6.42 Å². The Labute approximate surface area is 74.2 Å². The average molecular weight is 170 g/mol. The average Bonchev–Trinajstić information content (AvgIpc) is 2.45. The molecular formula is C10H18O2. The van der Waals surface area contributed by atoms with E-state index < -0.39 is 0 Å². The molecule has 0 aliphatic heterocycles. The van der Waals surface area contributed by atoms with E-state index in [0.29, 0.717) is 0 Å². The normalized spacial score (nSPS) is 28.2. The third-order valence-electron chi connectivity index (χ3n) is 2.10. The first kappa shape index (κ1) is 9.75. The first-order chi connectivity index (χ1) is 5.83. The summed E-state index contributed by atoms with van der Waals surface area (Å²) in [7, 11) is 0. The van der Waals surface area contributed by atoms with Crippen LogP contribution in [0.5, 0.6) is 0 Å². The quantitative estimate of drug-likeness (QED) is 0.504. The first-order valence-electron chi connectivity index (χ1n) is 4.81. The van der Waals surface area contributed by atoms with Gasteiger partial charge in [0.05, 0.1) is 12.2 Å². The van der Waals surface area contributed by atoms with Crippen LogP contribution in [0.1, 0.15) is 32.6 Å². The van der Waals surface area contributed by atoms with E-state index in [4.69, 9.17) is 9.84 Å². The van der Waals surface area contributed by atoms with Crippen LogP contribution >= 0.6 is 0 Å². The number of ether oxygens (including phenoxy) is 1. The van der Waals surface area contributed by atoms with E-state index in [-0.39, 0.29) is 12.2 Å². The predicted molar refractivity (Wildman–Crippen MR) is 49.0 cm³/mol. The molecule has 0 unspecified atom stereocenters. The van der Waals surface area contributed by atoms with Crippen LogP contribution in [0.15, 0.2) is 12.2 Å². The van der Waals surface area contributed by atoms with E-state index in [2.05, 4.69) is 6.92 Å². The molecule has 0 spiro atoms. The Morgan fingerprint density at radius 3 is 2.83 bits per heavy atom. The minimum absolute atomic E-state index is 0.164. The summed E-state index contributed by atoms with van der Waals surface area (Å²) in [6.07, 6.45) is 7.99. The zero-order valence-electron chi connectivity index (χ0n) is 7.70. The summed E-state index contributed by atoms with van der Waals surface area (Å²) >= 11 is 0. The number of hydrogen-bond donors (Lipinski definition) is 1. The largest absolute Gasteiger partial charge is 0.389 e. The van der Waals surface area contributed by atoms with Crippen molar-refractivity contribution in [2.75, 3.05) is 6.61 Å². The van der Waals surface area contributed by atoms with Crippen molar-refractivity contribution >= 4 is 0 Å². The van der Waals surface area contributed by atoms with E-state index in [1.807, 2.05) is 12.2 Å². The highest BCUT2D eigenvalue weighted by atomic mass is 16.5. The minimum Gasteiger partial charge on any atom is -0.389 e. The number of aliphatic hydroxyl groups excluding tert-OH is 1. The van der Waals surface area contributed by atoms with Crippen LogP contribution in [-0.4, -0.2) is 23.9 Å². The Kier molecular flexibility index (Phi) is 4.33. The van der Waals surface area contributed by atoms with Crippen LogP contribution in [0, 0.1) is 0 Å². The number of unbranched alkanes of at least 4 members (excludes halogenated alkanes) is 2. The Balaban J connectivity index is 1.98. The maximum atomic E-state index is 9.14. The summed E-state index contributed by atoms with van der Waals surface area (Å²) in [6.45, 7) is 3.01. The van der Waals surface area contributed by atoms with Gasteiger partial charge in [-0.1, -0.05) is 31.9 Å². The number of hydrogen-bond acceptors (Lipinski definition) is 2. The lowest BCUT2D eigenvalue weighted by Gasteiger charge is -2.09. The van der Waals surface area contributed by atoms with Crippen molar-refractivity contribution in [1.82, 2.24) is 0 Å². The molecule has 0 fully saturated rings. The lowest BCUT2D eigenvalue weighted by atomic mass is 10.2. The highest BCUT2D eigenvalue weighted by molar-refractivity contribution is 5.03. The first-order valence-corrected chi connectivity index (χ1v) is 4.81. The highest BCUT2D eigenvalue weighted by Crippen LogP contribution is 2.14. The third kappa shape index (κ3) is 3.37. The lowest BCUT2D eigenvalue weighted by molar-refractivity contribution is 0.0617. The van der Waals surface area contributed by atoms with Gasteiger partial charge in [-0.2, -0.15) is 0 Å². The molecule has 1 N–H and O–H groups in total. The topological polar surface area (TPSA) is 29.5 Å². The summed E-state index contributed by atoms with van der Waals surface area (Å²) < 4.78 is 5.53. The standard InChI is InChI=1S/C10H18O2/c1-2-3-4-7-12-10-6-5-9(11)8-10/h5-6,9-11H,2-4,7-8H2,1H3/t9-,10+/m1/s1. The van der Waals surface area contributed by atoms with E-state index in [1.165, 1.54) is 12.8 Å². The van der Waals surface area contributed by atoms with Crippen molar-refractivity contribution in [2.24, 2.45) is 0 Å². The smallest absolute Gasteiger partial charge is 0.0784 e. The molecule has 0 aromatic heterocycles. The Hall–Kier alpha value is -0.340. The molecule has 2 nitrogen and oxygen atoms in total. The van der Waals surface area contributed by atoms with Gasteiger partial charge in [-0.15, -0.1) is 0 Å². The van der Waals surface area contributed by atoms with Crippen LogP contribution in [0.3, 0.4) is 0 Å². The maximum Gasteiger partial charge on any atom is 0.0784 e. The fraction of sp³-hybridized carbons (Fsp3) is 0.800. The molecule has 1 aliphatic carbocycles. The van der Waals surface area contributed by atoms with E-state index in [0.717, 1.165) is 19.4 Å². The second-order valence-electron chi connectivity index (χ2n) is 3.30. The number of rotatable bonds is 5. The monoisotopic (exact) mass is 170 g/mol. The molecule has 2 heteroatoms. The molecule has 12 heavy (non-hydrogen) atoms. The number of aliphatic hydroxyl groups is 1. The van der Waals surface area contributed by atoms with Gasteiger partial charge in [0.1, 0.15) is 0 Å². The molecule has 0 bridgehead atoms. The molecule has 0 radical (unpaired) electrons. The lowest BCUT2D eigenvalue weighted by Crippen LogP contribution is -2.11. The minimum atomic E-state index is -0.277. The molecule has 0 heterocycles. The molecule has 0 aromatic carbocycles. The zero-order chi connectivity index (χ0) is 8.81. The van der Waals surface area contributed by atoms with E-state index in [1.54, 1.807) is 0 Å². The van der Waals surface area contributed by atoms with Gasteiger partial charge in [0.25, 0.3) is 0 Å². The maximum absolute atomic E-state index is 9.14.